The molecule has 3 aromatic rings. The number of nitrogens with two attached hydrogens (primary N) is 1. The Morgan fingerprint density at radius 3 is 2.56 bits per heavy atom. The van der Waals surface area contributed by atoms with Crippen LogP contribution in [0.25, 0.3) is 20.2 Å². The van der Waals surface area contributed by atoms with Crippen LogP contribution in [0.3, 0.4) is 0 Å². The quantitative estimate of drug-likeness (QED) is 0.474. The van der Waals surface area contributed by atoms with Crippen molar-refractivity contribution in [3.63, 3.8) is 0 Å². The largest absolute Gasteiger partial charge is 0.399 e. The first-order chi connectivity index (χ1) is 7.75. The second kappa shape index (κ2) is 3.32. The van der Waals surface area contributed by atoms with E-state index < -0.39 is 0 Å². The molecule has 0 spiro atoms. The van der Waals surface area contributed by atoms with Gasteiger partial charge in [0.05, 0.1) is 0 Å². The first-order valence-electron chi connectivity index (χ1n) is 4.97. The predicted molar refractivity (Wildman–Crippen MR) is 70.0 cm³/mol. The van der Waals surface area contributed by atoms with Gasteiger partial charge in [-0.05, 0) is 30.3 Å². The minimum Gasteiger partial charge on any atom is -0.399 e. The molecule has 2 aromatic carbocycles. The predicted octanol–water partition coefficient (Wildman–Crippen LogP) is 3.00. The van der Waals surface area contributed by atoms with Crippen molar-refractivity contribution in [1.82, 2.24) is 0 Å². The minimum absolute atomic E-state index is 0.0874. The lowest BCUT2D eigenvalue weighted by Crippen LogP contribution is -2.00. The standard InChI is InChI=1S/C13H9NOS/c14-8-5-6-10-12(7-8)16-11-4-2-1-3-9(11)13(10)15/h1-7H,14H2. The average Bonchev–Trinajstić information content (AvgIpc) is 2.29. The van der Waals surface area contributed by atoms with Crippen molar-refractivity contribution in [2.24, 2.45) is 0 Å². The lowest BCUT2D eigenvalue weighted by molar-refractivity contribution is 1.73. The van der Waals surface area contributed by atoms with E-state index in [1.165, 1.54) is 0 Å². The van der Waals surface area contributed by atoms with Crippen LogP contribution in [0, 0.1) is 0 Å². The van der Waals surface area contributed by atoms with Crippen LogP contribution in [0.5, 0.6) is 0 Å². The Labute approximate surface area is 95.9 Å². The number of hydrogen-bond acceptors (Lipinski definition) is 3. The van der Waals surface area contributed by atoms with Crippen molar-refractivity contribution in [3.05, 3.63) is 52.7 Å². The van der Waals surface area contributed by atoms with Crippen LogP contribution in [0.2, 0.25) is 0 Å². The molecule has 0 aliphatic heterocycles. The van der Waals surface area contributed by atoms with Crippen LogP contribution in [-0.2, 0) is 0 Å². The Kier molecular flexibility index (Phi) is 1.94. The number of fused-ring (bicyclic) bond motifs is 2. The van der Waals surface area contributed by atoms with Crippen molar-refractivity contribution in [1.29, 1.82) is 0 Å². The Bertz CT molecular complexity index is 746. The molecule has 0 atom stereocenters. The molecule has 1 aromatic heterocycles. The summed E-state index contributed by atoms with van der Waals surface area (Å²) >= 11 is 1.60. The van der Waals surface area contributed by atoms with E-state index in [1.807, 2.05) is 30.3 Å². The van der Waals surface area contributed by atoms with Gasteiger partial charge < -0.3 is 5.73 Å². The third kappa shape index (κ3) is 1.29. The molecule has 2 nitrogen and oxygen atoms in total. The van der Waals surface area contributed by atoms with Gasteiger partial charge in [0.25, 0.3) is 0 Å². The summed E-state index contributed by atoms with van der Waals surface area (Å²) in [5.41, 5.74) is 6.50. The molecule has 3 heteroatoms. The Morgan fingerprint density at radius 1 is 0.938 bits per heavy atom. The second-order valence-corrected chi connectivity index (χ2v) is 4.77. The normalized spacial score (nSPS) is 11.0. The summed E-state index contributed by atoms with van der Waals surface area (Å²) < 4.78 is 1.95. The molecular weight excluding hydrogens is 218 g/mol. The molecule has 0 radical (unpaired) electrons. The maximum absolute atomic E-state index is 12.2. The molecule has 0 aliphatic carbocycles. The van der Waals surface area contributed by atoms with Crippen LogP contribution in [0.1, 0.15) is 0 Å². The highest BCUT2D eigenvalue weighted by molar-refractivity contribution is 7.24. The zero-order valence-electron chi connectivity index (χ0n) is 8.44. The molecule has 1 heterocycles. The van der Waals surface area contributed by atoms with Crippen LogP contribution in [-0.4, -0.2) is 0 Å². The van der Waals surface area contributed by atoms with Gasteiger partial charge in [0, 0.05) is 25.9 Å². The number of nitrogen functional groups attached to an aromatic ring is 1. The fraction of sp³-hybridized carbons (Fsp3) is 0. The van der Waals surface area contributed by atoms with Gasteiger partial charge in [-0.2, -0.15) is 0 Å². The van der Waals surface area contributed by atoms with Crippen LogP contribution >= 0.6 is 11.3 Å². The van der Waals surface area contributed by atoms with Crippen molar-refractivity contribution < 1.29 is 0 Å². The topological polar surface area (TPSA) is 43.1 Å². The summed E-state index contributed by atoms with van der Waals surface area (Å²) in [5.74, 6) is 0. The Balaban J connectivity index is 2.61. The lowest BCUT2D eigenvalue weighted by Gasteiger charge is -2.01. The number of benzene rings is 2. The highest BCUT2D eigenvalue weighted by Crippen LogP contribution is 2.25. The minimum atomic E-state index is 0.0874. The van der Waals surface area contributed by atoms with E-state index in [1.54, 1.807) is 23.5 Å². The fourth-order valence-corrected chi connectivity index (χ4v) is 2.94. The van der Waals surface area contributed by atoms with Crippen molar-refractivity contribution in [3.8, 4) is 0 Å². The summed E-state index contributed by atoms with van der Waals surface area (Å²) in [7, 11) is 0. The van der Waals surface area contributed by atoms with Gasteiger partial charge in [0.15, 0.2) is 5.43 Å². The van der Waals surface area contributed by atoms with Gasteiger partial charge in [0.1, 0.15) is 0 Å². The summed E-state index contributed by atoms with van der Waals surface area (Å²) in [4.78, 5) is 12.2. The maximum Gasteiger partial charge on any atom is 0.195 e. The highest BCUT2D eigenvalue weighted by Gasteiger charge is 2.04. The maximum atomic E-state index is 12.2. The Morgan fingerprint density at radius 2 is 1.69 bits per heavy atom. The van der Waals surface area contributed by atoms with Gasteiger partial charge in [-0.1, -0.05) is 12.1 Å². The summed E-state index contributed by atoms with van der Waals surface area (Å²) in [6.45, 7) is 0. The SMILES string of the molecule is Nc1ccc2c(=O)c3ccccc3sc2c1. The molecule has 16 heavy (non-hydrogen) atoms. The smallest absolute Gasteiger partial charge is 0.195 e. The number of hydrogen-bond donors (Lipinski definition) is 1. The molecular formula is C13H9NOS. The van der Waals surface area contributed by atoms with Gasteiger partial charge in [0.2, 0.25) is 0 Å². The monoisotopic (exact) mass is 227 g/mol. The van der Waals surface area contributed by atoms with Crippen LogP contribution in [0.4, 0.5) is 5.69 Å². The summed E-state index contributed by atoms with van der Waals surface area (Å²) in [5, 5.41) is 1.53. The molecule has 0 amide bonds. The van der Waals surface area contributed by atoms with Gasteiger partial charge in [-0.25, -0.2) is 0 Å². The zero-order valence-corrected chi connectivity index (χ0v) is 9.25. The molecule has 0 saturated heterocycles. The second-order valence-electron chi connectivity index (χ2n) is 3.68. The van der Waals surface area contributed by atoms with Gasteiger partial charge in [-0.3, -0.25) is 4.79 Å². The van der Waals surface area contributed by atoms with E-state index in [9.17, 15) is 4.79 Å². The van der Waals surface area contributed by atoms with E-state index >= 15 is 0 Å². The molecule has 0 unspecified atom stereocenters. The molecule has 0 bridgehead atoms. The van der Waals surface area contributed by atoms with Crippen molar-refractivity contribution in [2.45, 2.75) is 0 Å². The van der Waals surface area contributed by atoms with Crippen molar-refractivity contribution >= 4 is 37.2 Å². The molecule has 0 saturated carbocycles. The molecule has 2 N–H and O–H groups in total. The van der Waals surface area contributed by atoms with Crippen LogP contribution in [0.15, 0.2) is 47.3 Å². The van der Waals surface area contributed by atoms with E-state index in [4.69, 9.17) is 5.73 Å². The molecule has 3 rings (SSSR count). The van der Waals surface area contributed by atoms with E-state index in [2.05, 4.69) is 0 Å². The first kappa shape index (κ1) is 9.36. The van der Waals surface area contributed by atoms with E-state index in [0.29, 0.717) is 5.69 Å². The zero-order chi connectivity index (χ0) is 11.1. The van der Waals surface area contributed by atoms with E-state index in [-0.39, 0.29) is 5.43 Å². The molecule has 78 valence electrons. The number of rotatable bonds is 0. The Hall–Kier alpha value is -1.87. The third-order valence-electron chi connectivity index (χ3n) is 2.60. The summed E-state index contributed by atoms with van der Waals surface area (Å²) in [6, 6.07) is 13.1. The highest BCUT2D eigenvalue weighted by atomic mass is 32.1. The average molecular weight is 227 g/mol. The molecule has 0 fully saturated rings. The molecule has 0 aliphatic rings. The van der Waals surface area contributed by atoms with Crippen LogP contribution < -0.4 is 11.2 Å². The van der Waals surface area contributed by atoms with Gasteiger partial charge in [-0.15, -0.1) is 11.3 Å². The lowest BCUT2D eigenvalue weighted by atomic mass is 10.2. The van der Waals surface area contributed by atoms with Gasteiger partial charge >= 0.3 is 0 Å². The third-order valence-corrected chi connectivity index (χ3v) is 3.74. The van der Waals surface area contributed by atoms with E-state index in [0.717, 1.165) is 20.2 Å². The first-order valence-corrected chi connectivity index (χ1v) is 5.78. The summed E-state index contributed by atoms with van der Waals surface area (Å²) in [6.07, 6.45) is 0. The van der Waals surface area contributed by atoms with Crippen molar-refractivity contribution in [2.75, 3.05) is 5.73 Å². The fourth-order valence-electron chi connectivity index (χ4n) is 1.82. The number of anilines is 1.